The second kappa shape index (κ2) is 6.16. The van der Waals surface area contributed by atoms with Crippen LogP contribution in [-0.4, -0.2) is 35.7 Å². The molecule has 1 saturated heterocycles. The van der Waals surface area contributed by atoms with Gasteiger partial charge in [0.1, 0.15) is 11.6 Å². The zero-order valence-electron chi connectivity index (χ0n) is 10.8. The molecule has 1 aromatic carbocycles. The lowest BCUT2D eigenvalue weighted by Gasteiger charge is -2.24. The van der Waals surface area contributed by atoms with Crippen LogP contribution >= 0.6 is 0 Å². The average Bonchev–Trinajstić information content (AvgIpc) is 2.85. The summed E-state index contributed by atoms with van der Waals surface area (Å²) in [5.41, 5.74) is 0.662. The number of hydrogen-bond donors (Lipinski definition) is 2. The van der Waals surface area contributed by atoms with E-state index in [4.69, 9.17) is 0 Å². The number of rotatable bonds is 5. The van der Waals surface area contributed by atoms with Gasteiger partial charge in [-0.15, -0.1) is 0 Å². The molecule has 0 radical (unpaired) electrons. The Kier molecular flexibility index (Phi) is 4.55. The van der Waals surface area contributed by atoms with Gasteiger partial charge in [-0.1, -0.05) is 6.92 Å². The summed E-state index contributed by atoms with van der Waals surface area (Å²) in [5.74, 6) is -0.118. The van der Waals surface area contributed by atoms with Crippen molar-refractivity contribution in [2.24, 2.45) is 0 Å². The summed E-state index contributed by atoms with van der Waals surface area (Å²) in [5, 5.41) is 13.2. The number of benzene rings is 1. The number of hydrogen-bond acceptors (Lipinski definition) is 3. The molecule has 0 aliphatic carbocycles. The summed E-state index contributed by atoms with van der Waals surface area (Å²) in [4.78, 5) is 2.23. The van der Waals surface area contributed by atoms with Gasteiger partial charge in [-0.05, 0) is 44.1 Å². The third-order valence-electron chi connectivity index (χ3n) is 3.52. The smallest absolute Gasteiger partial charge is 0.123 e. The van der Waals surface area contributed by atoms with E-state index >= 15 is 0 Å². The van der Waals surface area contributed by atoms with Gasteiger partial charge in [-0.3, -0.25) is 4.90 Å². The van der Waals surface area contributed by atoms with Gasteiger partial charge in [0.2, 0.25) is 0 Å². The predicted molar refractivity (Wildman–Crippen MR) is 70.0 cm³/mol. The maximum Gasteiger partial charge on any atom is 0.123 e. The van der Waals surface area contributed by atoms with E-state index in [-0.39, 0.29) is 11.6 Å². The van der Waals surface area contributed by atoms with E-state index in [9.17, 15) is 9.50 Å². The first kappa shape index (κ1) is 13.3. The Morgan fingerprint density at radius 3 is 3.00 bits per heavy atom. The molecule has 18 heavy (non-hydrogen) atoms. The topological polar surface area (TPSA) is 35.5 Å². The number of halogens is 1. The molecular weight excluding hydrogens is 231 g/mol. The van der Waals surface area contributed by atoms with E-state index in [0.29, 0.717) is 18.2 Å². The summed E-state index contributed by atoms with van der Waals surface area (Å²) >= 11 is 0. The zero-order chi connectivity index (χ0) is 13.0. The molecule has 1 unspecified atom stereocenters. The highest BCUT2D eigenvalue weighted by Crippen LogP contribution is 2.20. The van der Waals surface area contributed by atoms with Crippen LogP contribution in [0.25, 0.3) is 0 Å². The van der Waals surface area contributed by atoms with E-state index in [1.54, 1.807) is 0 Å². The van der Waals surface area contributed by atoms with Crippen LogP contribution in [-0.2, 0) is 6.54 Å². The van der Waals surface area contributed by atoms with E-state index in [0.717, 1.165) is 19.6 Å². The number of likely N-dealkylation sites (N-methyl/N-ethyl adjacent to an activating group) is 1. The van der Waals surface area contributed by atoms with Crippen LogP contribution in [0, 0.1) is 5.82 Å². The van der Waals surface area contributed by atoms with Crippen molar-refractivity contribution in [2.75, 3.05) is 19.6 Å². The monoisotopic (exact) mass is 252 g/mol. The largest absolute Gasteiger partial charge is 0.508 e. The molecule has 0 spiro atoms. The number of aromatic hydroxyl groups is 1. The van der Waals surface area contributed by atoms with Crippen molar-refractivity contribution in [1.82, 2.24) is 10.2 Å². The molecule has 4 heteroatoms. The molecule has 1 heterocycles. The van der Waals surface area contributed by atoms with Gasteiger partial charge < -0.3 is 10.4 Å². The summed E-state index contributed by atoms with van der Waals surface area (Å²) in [6.07, 6.45) is 2.43. The SMILES string of the molecule is CCN(Cc1cc(F)ccc1O)CC1CCCN1. The number of phenolic OH excluding ortho intramolecular Hbond substituents is 1. The van der Waals surface area contributed by atoms with Crippen molar-refractivity contribution in [3.63, 3.8) is 0 Å². The second-order valence-corrected chi connectivity index (χ2v) is 4.89. The molecular formula is C14H21FN2O. The van der Waals surface area contributed by atoms with E-state index < -0.39 is 0 Å². The lowest BCUT2D eigenvalue weighted by molar-refractivity contribution is 0.250. The zero-order valence-corrected chi connectivity index (χ0v) is 10.8. The fraction of sp³-hybridized carbons (Fsp3) is 0.571. The number of nitrogens with one attached hydrogen (secondary N) is 1. The van der Waals surface area contributed by atoms with Crippen molar-refractivity contribution in [3.8, 4) is 5.75 Å². The van der Waals surface area contributed by atoms with Gasteiger partial charge in [0.15, 0.2) is 0 Å². The number of phenols is 1. The van der Waals surface area contributed by atoms with E-state index in [1.807, 2.05) is 0 Å². The van der Waals surface area contributed by atoms with Crippen LogP contribution < -0.4 is 5.32 Å². The highest BCUT2D eigenvalue weighted by Gasteiger charge is 2.18. The first-order valence-corrected chi connectivity index (χ1v) is 6.62. The molecule has 100 valence electrons. The van der Waals surface area contributed by atoms with Gasteiger partial charge in [0.25, 0.3) is 0 Å². The third-order valence-corrected chi connectivity index (χ3v) is 3.52. The summed E-state index contributed by atoms with van der Waals surface area (Å²) in [6, 6.07) is 4.65. The minimum absolute atomic E-state index is 0.175. The molecule has 3 nitrogen and oxygen atoms in total. The Morgan fingerprint density at radius 2 is 2.33 bits per heavy atom. The number of nitrogens with zero attached hydrogens (tertiary/aromatic N) is 1. The molecule has 1 fully saturated rings. The van der Waals surface area contributed by atoms with E-state index in [1.165, 1.54) is 31.0 Å². The highest BCUT2D eigenvalue weighted by atomic mass is 19.1. The normalized spacial score (nSPS) is 19.6. The second-order valence-electron chi connectivity index (χ2n) is 4.89. The van der Waals surface area contributed by atoms with Gasteiger partial charge in [0, 0.05) is 24.7 Å². The minimum atomic E-state index is -0.294. The van der Waals surface area contributed by atoms with Crippen molar-refractivity contribution in [1.29, 1.82) is 0 Å². The molecule has 0 bridgehead atoms. The van der Waals surface area contributed by atoms with Crippen LogP contribution in [0.1, 0.15) is 25.3 Å². The van der Waals surface area contributed by atoms with Gasteiger partial charge >= 0.3 is 0 Å². The Balaban J connectivity index is 1.98. The quantitative estimate of drug-likeness (QED) is 0.842. The van der Waals surface area contributed by atoms with Crippen molar-refractivity contribution < 1.29 is 9.50 Å². The molecule has 2 N–H and O–H groups in total. The lowest BCUT2D eigenvalue weighted by atomic mass is 10.1. The van der Waals surface area contributed by atoms with Gasteiger partial charge in [-0.25, -0.2) is 4.39 Å². The predicted octanol–water partition coefficient (Wildman–Crippen LogP) is 2.11. The summed E-state index contributed by atoms with van der Waals surface area (Å²) in [6.45, 7) is 5.62. The van der Waals surface area contributed by atoms with Crippen molar-refractivity contribution in [3.05, 3.63) is 29.6 Å². The molecule has 1 aliphatic rings. The maximum atomic E-state index is 13.2. The van der Waals surface area contributed by atoms with Crippen LogP contribution in [0.3, 0.4) is 0 Å². The first-order chi connectivity index (χ1) is 8.69. The Morgan fingerprint density at radius 1 is 1.50 bits per heavy atom. The molecule has 0 aromatic heterocycles. The minimum Gasteiger partial charge on any atom is -0.508 e. The van der Waals surface area contributed by atoms with Crippen LogP contribution in [0.4, 0.5) is 4.39 Å². The Bertz CT molecular complexity index is 391. The summed E-state index contributed by atoms with van der Waals surface area (Å²) in [7, 11) is 0. The molecule has 2 rings (SSSR count). The molecule has 0 saturated carbocycles. The average molecular weight is 252 g/mol. The van der Waals surface area contributed by atoms with Crippen LogP contribution in [0.5, 0.6) is 5.75 Å². The molecule has 1 aliphatic heterocycles. The molecule has 0 amide bonds. The van der Waals surface area contributed by atoms with Crippen LogP contribution in [0.2, 0.25) is 0 Å². The lowest BCUT2D eigenvalue weighted by Crippen LogP contribution is -2.37. The first-order valence-electron chi connectivity index (χ1n) is 6.62. The standard InChI is InChI=1S/C14H21FN2O/c1-2-17(10-13-4-3-7-16-13)9-11-8-12(15)5-6-14(11)18/h5-6,8,13,16,18H,2-4,7,9-10H2,1H3. The van der Waals surface area contributed by atoms with Gasteiger partial charge in [-0.2, -0.15) is 0 Å². The maximum absolute atomic E-state index is 13.2. The fourth-order valence-electron chi connectivity index (χ4n) is 2.45. The summed E-state index contributed by atoms with van der Waals surface area (Å²) < 4.78 is 13.2. The molecule has 1 aromatic rings. The molecule has 1 atom stereocenters. The highest BCUT2D eigenvalue weighted by molar-refractivity contribution is 5.32. The van der Waals surface area contributed by atoms with Crippen molar-refractivity contribution in [2.45, 2.75) is 32.4 Å². The Hall–Kier alpha value is -1.13. The van der Waals surface area contributed by atoms with Crippen LogP contribution in [0.15, 0.2) is 18.2 Å². The van der Waals surface area contributed by atoms with Gasteiger partial charge in [0.05, 0.1) is 0 Å². The Labute approximate surface area is 108 Å². The fourth-order valence-corrected chi connectivity index (χ4v) is 2.45. The van der Waals surface area contributed by atoms with Crippen molar-refractivity contribution >= 4 is 0 Å². The third kappa shape index (κ3) is 3.43. The van der Waals surface area contributed by atoms with E-state index in [2.05, 4.69) is 17.1 Å².